The molecule has 112 valence electrons. The van der Waals surface area contributed by atoms with Crippen LogP contribution in [0.4, 0.5) is 0 Å². The molecule has 1 unspecified atom stereocenters. The number of hydrogen-bond acceptors (Lipinski definition) is 4. The van der Waals surface area contributed by atoms with Crippen molar-refractivity contribution >= 4 is 0 Å². The summed E-state index contributed by atoms with van der Waals surface area (Å²) in [7, 11) is 3.13. The van der Waals surface area contributed by atoms with Crippen molar-refractivity contribution < 1.29 is 19.7 Å². The van der Waals surface area contributed by atoms with E-state index in [4.69, 9.17) is 9.47 Å². The zero-order valence-corrected chi connectivity index (χ0v) is 12.5. The summed E-state index contributed by atoms with van der Waals surface area (Å²) in [6.07, 6.45) is 0.430. The van der Waals surface area contributed by atoms with E-state index in [1.165, 1.54) is 13.2 Å². The van der Waals surface area contributed by atoms with Gasteiger partial charge in [-0.15, -0.1) is 0 Å². The molecule has 0 aliphatic heterocycles. The first kappa shape index (κ1) is 15.2. The number of hydrogen-bond donors (Lipinski definition) is 2. The Labute approximate surface area is 124 Å². The fourth-order valence-electron chi connectivity index (χ4n) is 2.40. The molecule has 1 atom stereocenters. The molecule has 4 nitrogen and oxygen atoms in total. The number of aromatic hydroxyl groups is 1. The van der Waals surface area contributed by atoms with Crippen molar-refractivity contribution in [1.29, 1.82) is 0 Å². The van der Waals surface area contributed by atoms with Crippen LogP contribution in [0.15, 0.2) is 42.5 Å². The Morgan fingerprint density at radius 3 is 2.00 bits per heavy atom. The average Bonchev–Trinajstić information content (AvgIpc) is 2.54. The van der Waals surface area contributed by atoms with E-state index in [0.717, 1.165) is 5.75 Å². The fourth-order valence-corrected chi connectivity index (χ4v) is 2.40. The first-order chi connectivity index (χ1) is 10.0. The lowest BCUT2D eigenvalue weighted by Crippen LogP contribution is -2.26. The third-order valence-electron chi connectivity index (χ3n) is 3.73. The van der Waals surface area contributed by atoms with Gasteiger partial charge in [-0.05, 0) is 36.2 Å². The van der Waals surface area contributed by atoms with E-state index >= 15 is 0 Å². The van der Waals surface area contributed by atoms with E-state index in [1.54, 1.807) is 43.5 Å². The standard InChI is InChI=1S/C17H20O4/c1-4-17(19,12-5-7-13(20-2)8-6-12)15-10-9-14(21-3)11-16(15)18/h5-11,18-19H,4H2,1-3H3. The molecule has 0 heterocycles. The van der Waals surface area contributed by atoms with Gasteiger partial charge in [-0.3, -0.25) is 0 Å². The molecule has 0 fully saturated rings. The average molecular weight is 288 g/mol. The summed E-state index contributed by atoms with van der Waals surface area (Å²) in [6, 6.07) is 12.1. The van der Waals surface area contributed by atoms with Crippen molar-refractivity contribution in [3.63, 3.8) is 0 Å². The second kappa shape index (κ2) is 6.06. The van der Waals surface area contributed by atoms with Gasteiger partial charge in [-0.1, -0.05) is 19.1 Å². The largest absolute Gasteiger partial charge is 0.507 e. The molecule has 2 N–H and O–H groups in total. The van der Waals surface area contributed by atoms with Crippen LogP contribution in [0.5, 0.6) is 17.2 Å². The van der Waals surface area contributed by atoms with Crippen molar-refractivity contribution in [1.82, 2.24) is 0 Å². The van der Waals surface area contributed by atoms with E-state index in [1.807, 2.05) is 6.92 Å². The third kappa shape index (κ3) is 2.81. The topological polar surface area (TPSA) is 58.9 Å². The molecule has 0 aromatic heterocycles. The van der Waals surface area contributed by atoms with Crippen molar-refractivity contribution in [2.75, 3.05) is 14.2 Å². The Morgan fingerprint density at radius 2 is 1.52 bits per heavy atom. The zero-order valence-electron chi connectivity index (χ0n) is 12.5. The highest BCUT2D eigenvalue weighted by atomic mass is 16.5. The van der Waals surface area contributed by atoms with Gasteiger partial charge in [0.2, 0.25) is 0 Å². The summed E-state index contributed by atoms with van der Waals surface area (Å²) in [5.41, 5.74) is -0.106. The van der Waals surface area contributed by atoms with Gasteiger partial charge in [-0.2, -0.15) is 0 Å². The van der Waals surface area contributed by atoms with Gasteiger partial charge in [0.05, 0.1) is 14.2 Å². The summed E-state index contributed by atoms with van der Waals surface area (Å²) in [4.78, 5) is 0. The van der Waals surface area contributed by atoms with Crippen LogP contribution in [-0.4, -0.2) is 24.4 Å². The first-order valence-corrected chi connectivity index (χ1v) is 6.79. The second-order valence-electron chi connectivity index (χ2n) is 4.83. The molecule has 0 aliphatic rings. The quantitative estimate of drug-likeness (QED) is 0.887. The number of phenols is 1. The monoisotopic (exact) mass is 288 g/mol. The summed E-state index contributed by atoms with van der Waals surface area (Å²) in [6.45, 7) is 1.87. The highest BCUT2D eigenvalue weighted by Crippen LogP contribution is 2.39. The van der Waals surface area contributed by atoms with Gasteiger partial charge in [0.1, 0.15) is 22.8 Å². The van der Waals surface area contributed by atoms with Gasteiger partial charge < -0.3 is 19.7 Å². The van der Waals surface area contributed by atoms with E-state index in [9.17, 15) is 10.2 Å². The minimum absolute atomic E-state index is 0.00881. The molecule has 0 saturated heterocycles. The maximum absolute atomic E-state index is 11.0. The predicted octanol–water partition coefficient (Wildman–Crippen LogP) is 3.06. The summed E-state index contributed by atoms with van der Waals surface area (Å²) in [5.74, 6) is 1.27. The van der Waals surface area contributed by atoms with Gasteiger partial charge in [0, 0.05) is 11.6 Å². The first-order valence-electron chi connectivity index (χ1n) is 6.79. The van der Waals surface area contributed by atoms with Gasteiger partial charge in [0.25, 0.3) is 0 Å². The second-order valence-corrected chi connectivity index (χ2v) is 4.83. The molecule has 0 aliphatic carbocycles. The molecule has 2 aromatic rings. The predicted molar refractivity (Wildman–Crippen MR) is 80.9 cm³/mol. The Bertz CT molecular complexity index is 607. The maximum atomic E-state index is 11.0. The zero-order chi connectivity index (χ0) is 15.5. The normalized spacial score (nSPS) is 13.5. The molecule has 21 heavy (non-hydrogen) atoms. The van der Waals surface area contributed by atoms with Crippen molar-refractivity contribution in [2.45, 2.75) is 18.9 Å². The van der Waals surface area contributed by atoms with Crippen LogP contribution < -0.4 is 9.47 Å². The van der Waals surface area contributed by atoms with Crippen LogP contribution in [0, 0.1) is 0 Å². The van der Waals surface area contributed by atoms with E-state index in [-0.39, 0.29) is 5.75 Å². The lowest BCUT2D eigenvalue weighted by atomic mass is 9.83. The van der Waals surface area contributed by atoms with Crippen LogP contribution in [0.1, 0.15) is 24.5 Å². The minimum Gasteiger partial charge on any atom is -0.507 e. The maximum Gasteiger partial charge on any atom is 0.125 e. The third-order valence-corrected chi connectivity index (χ3v) is 3.73. The van der Waals surface area contributed by atoms with E-state index in [0.29, 0.717) is 23.3 Å². The molecule has 0 spiro atoms. The van der Waals surface area contributed by atoms with Crippen molar-refractivity contribution in [3.05, 3.63) is 53.6 Å². The lowest BCUT2D eigenvalue weighted by Gasteiger charge is -2.29. The highest BCUT2D eigenvalue weighted by Gasteiger charge is 2.32. The van der Waals surface area contributed by atoms with Crippen LogP contribution >= 0.6 is 0 Å². The summed E-state index contributed by atoms with van der Waals surface area (Å²) < 4.78 is 10.2. The SMILES string of the molecule is CCC(O)(c1ccc(OC)cc1)c1ccc(OC)cc1O. The highest BCUT2D eigenvalue weighted by molar-refractivity contribution is 5.48. The molecule has 0 saturated carbocycles. The number of benzene rings is 2. The molecule has 0 radical (unpaired) electrons. The number of rotatable bonds is 5. The molecular weight excluding hydrogens is 268 g/mol. The molecule has 0 bridgehead atoms. The summed E-state index contributed by atoms with van der Waals surface area (Å²) >= 11 is 0. The Hall–Kier alpha value is -2.20. The Kier molecular flexibility index (Phi) is 4.38. The van der Waals surface area contributed by atoms with E-state index < -0.39 is 5.60 Å². The van der Waals surface area contributed by atoms with E-state index in [2.05, 4.69) is 0 Å². The fraction of sp³-hybridized carbons (Fsp3) is 0.294. The van der Waals surface area contributed by atoms with Crippen LogP contribution in [0.2, 0.25) is 0 Å². The van der Waals surface area contributed by atoms with Crippen LogP contribution in [-0.2, 0) is 5.60 Å². The smallest absolute Gasteiger partial charge is 0.125 e. The number of aliphatic hydroxyl groups is 1. The van der Waals surface area contributed by atoms with Gasteiger partial charge in [0.15, 0.2) is 0 Å². The molecular formula is C17H20O4. The number of phenolic OH excluding ortho intramolecular Hbond substituents is 1. The van der Waals surface area contributed by atoms with Crippen molar-refractivity contribution in [2.24, 2.45) is 0 Å². The van der Waals surface area contributed by atoms with Crippen LogP contribution in [0.3, 0.4) is 0 Å². The van der Waals surface area contributed by atoms with Crippen LogP contribution in [0.25, 0.3) is 0 Å². The molecule has 2 aromatic carbocycles. The minimum atomic E-state index is -1.26. The number of methoxy groups -OCH3 is 2. The molecule has 4 heteroatoms. The Balaban J connectivity index is 2.49. The Morgan fingerprint density at radius 1 is 0.952 bits per heavy atom. The summed E-state index contributed by atoms with van der Waals surface area (Å²) in [5, 5.41) is 21.2. The van der Waals surface area contributed by atoms with Crippen molar-refractivity contribution in [3.8, 4) is 17.2 Å². The van der Waals surface area contributed by atoms with Gasteiger partial charge in [-0.25, -0.2) is 0 Å². The lowest BCUT2D eigenvalue weighted by molar-refractivity contribution is 0.0737. The number of ether oxygens (including phenoxy) is 2. The molecule has 0 amide bonds. The van der Waals surface area contributed by atoms with Gasteiger partial charge >= 0.3 is 0 Å². The molecule has 2 rings (SSSR count).